The van der Waals surface area contributed by atoms with Gasteiger partial charge in [-0.05, 0) is 79.8 Å². The predicted molar refractivity (Wildman–Crippen MR) is 151 cm³/mol. The van der Waals surface area contributed by atoms with Gasteiger partial charge in [-0.1, -0.05) is 46.8 Å². The molecule has 0 radical (unpaired) electrons. The Balaban J connectivity index is 1.51. The molecule has 1 aromatic carbocycles. The summed E-state index contributed by atoms with van der Waals surface area (Å²) >= 11 is 0. The predicted octanol–water partition coefficient (Wildman–Crippen LogP) is 7.87. The van der Waals surface area contributed by atoms with E-state index in [1.807, 2.05) is 12.1 Å². The van der Waals surface area contributed by atoms with E-state index in [-0.39, 0.29) is 33.9 Å². The molecule has 37 heavy (non-hydrogen) atoms. The summed E-state index contributed by atoms with van der Waals surface area (Å²) in [5, 5.41) is 0.186. The first kappa shape index (κ1) is 29.1. The number of ether oxygens (including phenoxy) is 4. The molecule has 3 fully saturated rings. The van der Waals surface area contributed by atoms with E-state index in [9.17, 15) is 0 Å². The number of methoxy groups -OCH3 is 1. The molecule has 0 amide bonds. The maximum atomic E-state index is 7.21. The molecule has 5 nitrogen and oxygen atoms in total. The summed E-state index contributed by atoms with van der Waals surface area (Å²) in [4.78, 5) is 0. The van der Waals surface area contributed by atoms with Gasteiger partial charge in [0.15, 0.2) is 14.1 Å². The van der Waals surface area contributed by atoms with Crippen molar-refractivity contribution in [3.63, 3.8) is 0 Å². The van der Waals surface area contributed by atoms with Crippen LogP contribution in [0.5, 0.6) is 5.75 Å². The summed E-state index contributed by atoms with van der Waals surface area (Å²) in [5.74, 6) is 0.552. The van der Waals surface area contributed by atoms with E-state index < -0.39 is 8.32 Å². The zero-order valence-corrected chi connectivity index (χ0v) is 25.8. The highest BCUT2D eigenvalue weighted by atomic mass is 28.4. The van der Waals surface area contributed by atoms with Gasteiger partial charge < -0.3 is 23.4 Å². The molecular formula is C31H52O5Si. The van der Waals surface area contributed by atoms with E-state index in [0.717, 1.165) is 70.3 Å². The van der Waals surface area contributed by atoms with Crippen molar-refractivity contribution >= 4 is 8.32 Å². The van der Waals surface area contributed by atoms with E-state index in [2.05, 4.69) is 59.8 Å². The first-order chi connectivity index (χ1) is 17.3. The Labute approximate surface area is 227 Å². The van der Waals surface area contributed by atoms with Crippen LogP contribution in [-0.4, -0.2) is 46.6 Å². The summed E-state index contributed by atoms with van der Waals surface area (Å²) in [6.07, 6.45) is 9.21. The van der Waals surface area contributed by atoms with Gasteiger partial charge in [0.1, 0.15) is 5.75 Å². The van der Waals surface area contributed by atoms with Crippen molar-refractivity contribution in [2.75, 3.05) is 20.3 Å². The van der Waals surface area contributed by atoms with Crippen molar-refractivity contribution < 1.29 is 23.4 Å². The molecule has 0 aromatic heterocycles. The van der Waals surface area contributed by atoms with Gasteiger partial charge in [0.25, 0.3) is 0 Å². The Kier molecular flexibility index (Phi) is 8.58. The van der Waals surface area contributed by atoms with Gasteiger partial charge in [0.05, 0.1) is 39.1 Å². The minimum absolute atomic E-state index is 0.0314. The molecule has 1 aromatic rings. The molecule has 6 heteroatoms. The third-order valence-corrected chi connectivity index (χ3v) is 14.6. The minimum atomic E-state index is -1.92. The molecule has 0 unspecified atom stereocenters. The first-order valence-corrected chi connectivity index (χ1v) is 17.4. The maximum Gasteiger partial charge on any atom is 0.192 e. The zero-order valence-electron chi connectivity index (χ0n) is 24.8. The summed E-state index contributed by atoms with van der Waals surface area (Å²) in [6.45, 7) is 18.8. The van der Waals surface area contributed by atoms with Gasteiger partial charge >= 0.3 is 0 Å². The fourth-order valence-electron chi connectivity index (χ4n) is 6.44. The molecule has 1 saturated heterocycles. The van der Waals surface area contributed by atoms with Crippen LogP contribution < -0.4 is 4.74 Å². The van der Waals surface area contributed by atoms with E-state index in [1.165, 1.54) is 5.56 Å². The number of hydrogen-bond donors (Lipinski definition) is 0. The van der Waals surface area contributed by atoms with Gasteiger partial charge in [-0.25, -0.2) is 0 Å². The second kappa shape index (κ2) is 10.9. The average molecular weight is 533 g/mol. The Morgan fingerprint density at radius 2 is 1.59 bits per heavy atom. The van der Waals surface area contributed by atoms with Gasteiger partial charge in [0.2, 0.25) is 0 Å². The fraction of sp³-hybridized carbons (Fsp3) is 0.806. The molecule has 2 saturated carbocycles. The molecular weight excluding hydrogens is 480 g/mol. The molecule has 1 spiro atoms. The van der Waals surface area contributed by atoms with Crippen molar-refractivity contribution in [2.45, 2.75) is 129 Å². The van der Waals surface area contributed by atoms with E-state index in [0.29, 0.717) is 6.61 Å². The SMILES string of the molecule is COc1ccc(CO[C@H]2CCC[C@H](O[Si](C)(C)C(C)(C)C)[C@@]2(C)CC[C@@]2(C)CCC3(C2)OCCO3)cc1. The average Bonchev–Trinajstić information content (AvgIpc) is 3.44. The van der Waals surface area contributed by atoms with Crippen LogP contribution in [0.15, 0.2) is 24.3 Å². The van der Waals surface area contributed by atoms with Gasteiger partial charge in [-0.2, -0.15) is 0 Å². The van der Waals surface area contributed by atoms with Crippen molar-refractivity contribution in [3.8, 4) is 5.75 Å². The number of hydrogen-bond acceptors (Lipinski definition) is 5. The van der Waals surface area contributed by atoms with E-state index >= 15 is 0 Å². The van der Waals surface area contributed by atoms with Gasteiger partial charge in [0, 0.05) is 18.3 Å². The van der Waals surface area contributed by atoms with Crippen LogP contribution in [0.1, 0.15) is 91.5 Å². The lowest BCUT2D eigenvalue weighted by atomic mass is 9.65. The second-order valence-electron chi connectivity index (χ2n) is 14.0. The van der Waals surface area contributed by atoms with Crippen molar-refractivity contribution in [2.24, 2.45) is 10.8 Å². The van der Waals surface area contributed by atoms with Crippen LogP contribution in [0.25, 0.3) is 0 Å². The smallest absolute Gasteiger partial charge is 0.192 e. The third kappa shape index (κ3) is 6.46. The Bertz CT molecular complexity index is 888. The number of benzene rings is 1. The molecule has 210 valence electrons. The van der Waals surface area contributed by atoms with Crippen LogP contribution in [0.3, 0.4) is 0 Å². The quantitative estimate of drug-likeness (QED) is 0.303. The monoisotopic (exact) mass is 532 g/mol. The number of rotatable bonds is 9. The van der Waals surface area contributed by atoms with E-state index in [1.54, 1.807) is 7.11 Å². The van der Waals surface area contributed by atoms with Gasteiger partial charge in [-0.15, -0.1) is 0 Å². The standard InChI is InChI=1S/C31H52O5Si/c1-28(2,3)37(7,8)36-27-11-9-10-26(33-22-24-12-14-25(32-6)15-13-24)30(27,5)18-16-29(4)17-19-31(23-29)34-20-21-35-31/h12-15,26-27H,9-11,16-23H2,1-8H3/t26-,27-,29-,30-/m0/s1. The van der Waals surface area contributed by atoms with Crippen LogP contribution in [-0.2, 0) is 25.2 Å². The molecule has 2 aliphatic carbocycles. The van der Waals surface area contributed by atoms with Crippen LogP contribution in [0, 0.1) is 10.8 Å². The highest BCUT2D eigenvalue weighted by Gasteiger charge is 2.53. The van der Waals surface area contributed by atoms with Crippen LogP contribution in [0.4, 0.5) is 0 Å². The minimum Gasteiger partial charge on any atom is -0.497 e. The topological polar surface area (TPSA) is 46.2 Å². The van der Waals surface area contributed by atoms with Crippen LogP contribution in [0.2, 0.25) is 18.1 Å². The third-order valence-electron chi connectivity index (χ3n) is 10.1. The van der Waals surface area contributed by atoms with Gasteiger partial charge in [-0.3, -0.25) is 0 Å². The lowest BCUT2D eigenvalue weighted by Gasteiger charge is -2.52. The molecule has 4 rings (SSSR count). The van der Waals surface area contributed by atoms with Crippen molar-refractivity contribution in [1.82, 2.24) is 0 Å². The Morgan fingerprint density at radius 1 is 0.946 bits per heavy atom. The Hall–Kier alpha value is -0.923. The summed E-state index contributed by atoms with van der Waals surface area (Å²) in [5.41, 5.74) is 1.39. The van der Waals surface area contributed by atoms with Crippen molar-refractivity contribution in [1.29, 1.82) is 0 Å². The summed E-state index contributed by atoms with van der Waals surface area (Å²) < 4.78 is 31.5. The lowest BCUT2D eigenvalue weighted by molar-refractivity contribution is -0.158. The molecule has 1 aliphatic heterocycles. The van der Waals surface area contributed by atoms with Crippen molar-refractivity contribution in [3.05, 3.63) is 29.8 Å². The fourth-order valence-corrected chi connectivity index (χ4v) is 7.89. The lowest BCUT2D eigenvalue weighted by Crippen LogP contribution is -2.54. The molecule has 3 aliphatic rings. The highest BCUT2D eigenvalue weighted by Crippen LogP contribution is 2.54. The molecule has 4 atom stereocenters. The molecule has 1 heterocycles. The largest absolute Gasteiger partial charge is 0.497 e. The summed E-state index contributed by atoms with van der Waals surface area (Å²) in [7, 11) is -0.216. The van der Waals surface area contributed by atoms with Crippen LogP contribution >= 0.6 is 0 Å². The highest BCUT2D eigenvalue weighted by molar-refractivity contribution is 6.74. The normalized spacial score (nSPS) is 32.2. The maximum absolute atomic E-state index is 7.21. The molecule has 0 bridgehead atoms. The second-order valence-corrected chi connectivity index (χ2v) is 18.8. The molecule has 0 N–H and O–H groups in total. The Morgan fingerprint density at radius 3 is 2.22 bits per heavy atom. The van der Waals surface area contributed by atoms with E-state index in [4.69, 9.17) is 23.4 Å². The zero-order chi connectivity index (χ0) is 27.0. The first-order valence-electron chi connectivity index (χ1n) is 14.5. The summed E-state index contributed by atoms with van der Waals surface area (Å²) in [6, 6.07) is 8.27.